The second-order valence-electron chi connectivity index (χ2n) is 10.6. The first kappa shape index (κ1) is 32.8. The summed E-state index contributed by atoms with van der Waals surface area (Å²) in [6.45, 7) is 0.574. The fourth-order valence-electron chi connectivity index (χ4n) is 5.20. The van der Waals surface area contributed by atoms with Gasteiger partial charge in [-0.05, 0) is 33.4 Å². The lowest BCUT2D eigenvalue weighted by molar-refractivity contribution is -0.118. The molecular formula is C40H32N6O2. The molecule has 0 radical (unpaired) electrons. The number of rotatable bonds is 12. The molecule has 0 heterocycles. The molecule has 4 N–H and O–H groups in total. The highest BCUT2D eigenvalue weighted by atomic mass is 16.2. The second-order valence-corrected chi connectivity index (χ2v) is 10.6. The SMILES string of the molecule is N#CC(C(=O)NNCc1cccc(CNNC(=O)C(C#N)=C(c2ccccc2)c2ccccc2)c1)=C(c1ccccc1)c1ccccc1. The predicted molar refractivity (Wildman–Crippen MR) is 185 cm³/mol. The Morgan fingerprint density at radius 1 is 0.458 bits per heavy atom. The Bertz CT molecular complexity index is 1780. The summed E-state index contributed by atoms with van der Waals surface area (Å²) in [5.41, 5.74) is 17.0. The molecule has 2 amide bonds. The molecule has 0 unspecified atom stereocenters. The number of hydrogen-bond donors (Lipinski definition) is 4. The number of carbonyl (C=O) groups excluding carboxylic acids is 2. The molecule has 5 aromatic rings. The molecule has 5 rings (SSSR count). The Morgan fingerprint density at radius 2 is 0.771 bits per heavy atom. The van der Waals surface area contributed by atoms with Crippen LogP contribution < -0.4 is 21.7 Å². The van der Waals surface area contributed by atoms with Crippen molar-refractivity contribution in [2.24, 2.45) is 0 Å². The Hall–Kier alpha value is -6.58. The smallest absolute Gasteiger partial charge is 0.276 e. The van der Waals surface area contributed by atoms with E-state index in [4.69, 9.17) is 0 Å². The maximum Gasteiger partial charge on any atom is 0.276 e. The molecule has 0 aliphatic carbocycles. The first-order valence-corrected chi connectivity index (χ1v) is 15.2. The number of hydrazine groups is 2. The second kappa shape index (κ2) is 16.6. The molecule has 234 valence electrons. The maximum absolute atomic E-state index is 13.2. The van der Waals surface area contributed by atoms with Crippen LogP contribution in [0, 0.1) is 22.7 Å². The van der Waals surface area contributed by atoms with Crippen LogP contribution in [-0.2, 0) is 22.7 Å². The lowest BCUT2D eigenvalue weighted by Crippen LogP contribution is -2.38. The predicted octanol–water partition coefficient (Wildman–Crippen LogP) is 5.98. The third kappa shape index (κ3) is 8.36. The van der Waals surface area contributed by atoms with Crippen LogP contribution in [0.15, 0.2) is 157 Å². The normalized spacial score (nSPS) is 10.1. The lowest BCUT2D eigenvalue weighted by atomic mass is 9.93. The Morgan fingerprint density at radius 3 is 1.06 bits per heavy atom. The van der Waals surface area contributed by atoms with E-state index in [2.05, 4.69) is 33.8 Å². The molecule has 0 aromatic heterocycles. The standard InChI is InChI=1S/C40H32N6O2/c41-25-35(37(31-16-5-1-6-17-31)32-18-7-2-8-19-32)39(47)45-43-27-29-14-13-15-30(24-29)28-44-46-40(48)36(26-42)38(33-20-9-3-10-21-33)34-22-11-4-12-23-34/h1-24,43-44H,27-28H2,(H,45,47)(H,46,48). The van der Waals surface area contributed by atoms with Gasteiger partial charge in [-0.25, -0.2) is 10.9 Å². The molecule has 8 nitrogen and oxygen atoms in total. The molecule has 0 fully saturated rings. The average Bonchev–Trinajstić information content (AvgIpc) is 3.14. The highest BCUT2D eigenvalue weighted by Crippen LogP contribution is 2.28. The molecule has 5 aromatic carbocycles. The van der Waals surface area contributed by atoms with Crippen molar-refractivity contribution in [1.29, 1.82) is 10.5 Å². The van der Waals surface area contributed by atoms with Crippen molar-refractivity contribution in [1.82, 2.24) is 21.7 Å². The van der Waals surface area contributed by atoms with Gasteiger partial charge in [0.2, 0.25) is 0 Å². The molecular weight excluding hydrogens is 596 g/mol. The van der Waals surface area contributed by atoms with Gasteiger partial charge in [0.15, 0.2) is 0 Å². The van der Waals surface area contributed by atoms with Crippen molar-refractivity contribution >= 4 is 23.0 Å². The fraction of sp³-hybridized carbons (Fsp3) is 0.0500. The van der Waals surface area contributed by atoms with Crippen molar-refractivity contribution in [2.45, 2.75) is 13.1 Å². The van der Waals surface area contributed by atoms with Gasteiger partial charge in [-0.15, -0.1) is 0 Å². The summed E-state index contributed by atoms with van der Waals surface area (Å²) in [4.78, 5) is 26.4. The first-order chi connectivity index (χ1) is 23.6. The number of nitrogens with zero attached hydrogens (tertiary/aromatic N) is 2. The summed E-state index contributed by atoms with van der Waals surface area (Å²) >= 11 is 0. The molecule has 0 bridgehead atoms. The van der Waals surface area contributed by atoms with Crippen molar-refractivity contribution in [2.75, 3.05) is 0 Å². The molecule has 8 heteroatoms. The van der Waals surface area contributed by atoms with E-state index >= 15 is 0 Å². The quantitative estimate of drug-likeness (QED) is 0.0765. The third-order valence-electron chi connectivity index (χ3n) is 7.41. The summed E-state index contributed by atoms with van der Waals surface area (Å²) in [5.74, 6) is -1.10. The van der Waals surface area contributed by atoms with Gasteiger partial charge < -0.3 is 0 Å². The van der Waals surface area contributed by atoms with Gasteiger partial charge in [0.05, 0.1) is 0 Å². The third-order valence-corrected chi connectivity index (χ3v) is 7.41. The van der Waals surface area contributed by atoms with Crippen LogP contribution in [-0.4, -0.2) is 11.8 Å². The zero-order valence-electron chi connectivity index (χ0n) is 26.0. The molecule has 0 aliphatic rings. The van der Waals surface area contributed by atoms with Gasteiger partial charge in [-0.3, -0.25) is 20.4 Å². The molecule has 0 saturated heterocycles. The van der Waals surface area contributed by atoms with Crippen molar-refractivity contribution < 1.29 is 9.59 Å². The Balaban J connectivity index is 1.23. The molecule has 0 saturated carbocycles. The van der Waals surface area contributed by atoms with E-state index < -0.39 is 11.8 Å². The number of amides is 2. The van der Waals surface area contributed by atoms with Crippen LogP contribution >= 0.6 is 0 Å². The van der Waals surface area contributed by atoms with Crippen LogP contribution in [0.5, 0.6) is 0 Å². The lowest BCUT2D eigenvalue weighted by Gasteiger charge is -2.14. The summed E-state index contributed by atoms with van der Waals surface area (Å²) in [7, 11) is 0. The number of nitriles is 2. The van der Waals surface area contributed by atoms with Gasteiger partial charge in [-0.1, -0.05) is 146 Å². The number of hydrogen-bond acceptors (Lipinski definition) is 6. The van der Waals surface area contributed by atoms with Crippen LogP contribution in [0.3, 0.4) is 0 Å². The molecule has 48 heavy (non-hydrogen) atoms. The molecule has 0 aliphatic heterocycles. The number of nitrogens with one attached hydrogen (secondary N) is 4. The Kier molecular flexibility index (Phi) is 11.4. The first-order valence-electron chi connectivity index (χ1n) is 15.2. The minimum Gasteiger partial charge on any atom is -0.286 e. The summed E-state index contributed by atoms with van der Waals surface area (Å²) in [6.07, 6.45) is 0. The monoisotopic (exact) mass is 628 g/mol. The minimum absolute atomic E-state index is 0.0120. The Labute approximate surface area is 279 Å². The van der Waals surface area contributed by atoms with Crippen LogP contribution in [0.1, 0.15) is 33.4 Å². The largest absolute Gasteiger partial charge is 0.286 e. The molecule has 0 spiro atoms. The number of carbonyl (C=O) groups is 2. The minimum atomic E-state index is -0.549. The van der Waals surface area contributed by atoms with Crippen molar-refractivity contribution in [3.8, 4) is 12.1 Å². The van der Waals surface area contributed by atoms with E-state index in [1.807, 2.05) is 146 Å². The van der Waals surface area contributed by atoms with E-state index in [1.54, 1.807) is 0 Å². The van der Waals surface area contributed by atoms with E-state index in [0.717, 1.165) is 33.4 Å². The number of benzene rings is 5. The van der Waals surface area contributed by atoms with Gasteiger partial charge in [0.1, 0.15) is 23.3 Å². The highest BCUT2D eigenvalue weighted by Gasteiger charge is 2.20. The topological polar surface area (TPSA) is 130 Å². The van der Waals surface area contributed by atoms with Gasteiger partial charge in [-0.2, -0.15) is 10.5 Å². The van der Waals surface area contributed by atoms with E-state index in [-0.39, 0.29) is 24.2 Å². The summed E-state index contributed by atoms with van der Waals surface area (Å²) in [6, 6.07) is 49.1. The zero-order valence-corrected chi connectivity index (χ0v) is 26.0. The summed E-state index contributed by atoms with van der Waals surface area (Å²) in [5, 5.41) is 20.0. The average molecular weight is 629 g/mol. The van der Waals surface area contributed by atoms with Crippen LogP contribution in [0.25, 0.3) is 11.1 Å². The summed E-state index contributed by atoms with van der Waals surface area (Å²) < 4.78 is 0. The zero-order chi connectivity index (χ0) is 33.6. The fourth-order valence-corrected chi connectivity index (χ4v) is 5.20. The molecule has 0 atom stereocenters. The van der Waals surface area contributed by atoms with Crippen LogP contribution in [0.2, 0.25) is 0 Å². The van der Waals surface area contributed by atoms with Crippen LogP contribution in [0.4, 0.5) is 0 Å². The van der Waals surface area contributed by atoms with E-state index in [1.165, 1.54) is 0 Å². The van der Waals surface area contributed by atoms with Crippen molar-refractivity contribution in [3.05, 3.63) is 190 Å². The maximum atomic E-state index is 13.2. The van der Waals surface area contributed by atoms with Crippen molar-refractivity contribution in [3.63, 3.8) is 0 Å². The van der Waals surface area contributed by atoms with E-state index in [9.17, 15) is 20.1 Å². The van der Waals surface area contributed by atoms with Gasteiger partial charge in [0, 0.05) is 24.2 Å². The van der Waals surface area contributed by atoms with Gasteiger partial charge >= 0.3 is 0 Å². The van der Waals surface area contributed by atoms with E-state index in [0.29, 0.717) is 11.1 Å². The highest BCUT2D eigenvalue weighted by molar-refractivity contribution is 6.08. The van der Waals surface area contributed by atoms with Gasteiger partial charge in [0.25, 0.3) is 11.8 Å².